The molecule has 1 amide bonds. The summed E-state index contributed by atoms with van der Waals surface area (Å²) in [5, 5.41) is 2.59. The van der Waals surface area contributed by atoms with Crippen LogP contribution in [0.4, 0.5) is 5.69 Å². The van der Waals surface area contributed by atoms with E-state index in [1.165, 1.54) is 0 Å². The van der Waals surface area contributed by atoms with E-state index >= 15 is 0 Å². The highest BCUT2D eigenvalue weighted by molar-refractivity contribution is 5.71. The second-order valence-electron chi connectivity index (χ2n) is 3.21. The molecule has 1 N–H and O–H groups in total. The van der Waals surface area contributed by atoms with E-state index in [-0.39, 0.29) is 0 Å². The summed E-state index contributed by atoms with van der Waals surface area (Å²) in [5.41, 5.74) is 2.89. The molecule has 0 bridgehead atoms. The zero-order valence-electron chi connectivity index (χ0n) is 8.34. The average molecular weight is 201 g/mol. The van der Waals surface area contributed by atoms with Gasteiger partial charge in [-0.1, -0.05) is 0 Å². The maximum Gasteiger partial charge on any atom is 0.211 e. The van der Waals surface area contributed by atoms with Crippen LogP contribution in [-0.2, 0) is 4.79 Å². The number of anilines is 1. The molecule has 4 heteroatoms. The van der Waals surface area contributed by atoms with Crippen LogP contribution in [0.5, 0.6) is 0 Å². The van der Waals surface area contributed by atoms with Crippen molar-refractivity contribution in [3.8, 4) is 5.69 Å². The number of nitrogens with one attached hydrogen (secondary N) is 1. The van der Waals surface area contributed by atoms with E-state index in [1.54, 1.807) is 12.5 Å². The van der Waals surface area contributed by atoms with Crippen molar-refractivity contribution in [3.63, 3.8) is 0 Å². The summed E-state index contributed by atoms with van der Waals surface area (Å²) < 4.78 is 1.98. The number of carbonyl (C=O) groups is 1. The van der Waals surface area contributed by atoms with Crippen LogP contribution in [0.15, 0.2) is 36.8 Å². The number of hydrogen-bond donors (Lipinski definition) is 1. The second-order valence-corrected chi connectivity index (χ2v) is 3.21. The standard InChI is InChI=1S/C11H11N3O/c1-9-6-12-7-14(9)11-4-2-10(3-5-11)13-8-15/h2-8H,1H3,(H,13,15). The predicted octanol–water partition coefficient (Wildman–Crippen LogP) is 1.75. The second kappa shape index (κ2) is 3.96. The fourth-order valence-electron chi connectivity index (χ4n) is 1.42. The minimum absolute atomic E-state index is 0.664. The normalized spacial score (nSPS) is 9.93. The molecule has 0 spiro atoms. The third kappa shape index (κ3) is 1.88. The molecule has 0 saturated heterocycles. The first-order valence-corrected chi connectivity index (χ1v) is 4.61. The van der Waals surface area contributed by atoms with Gasteiger partial charge in [-0.3, -0.25) is 4.79 Å². The molecule has 0 aliphatic rings. The lowest BCUT2D eigenvalue weighted by Crippen LogP contribution is -1.96. The maximum absolute atomic E-state index is 10.2. The summed E-state index contributed by atoms with van der Waals surface area (Å²) in [6.45, 7) is 1.99. The molecule has 0 fully saturated rings. The molecule has 1 heterocycles. The monoisotopic (exact) mass is 201 g/mol. The first-order valence-electron chi connectivity index (χ1n) is 4.61. The molecule has 0 atom stereocenters. The molecule has 0 aliphatic heterocycles. The molecule has 1 aromatic carbocycles. The van der Waals surface area contributed by atoms with Gasteiger partial charge in [-0.2, -0.15) is 0 Å². The van der Waals surface area contributed by atoms with Crippen LogP contribution < -0.4 is 5.32 Å². The molecule has 2 aromatic rings. The Morgan fingerprint density at radius 1 is 1.33 bits per heavy atom. The zero-order valence-corrected chi connectivity index (χ0v) is 8.34. The average Bonchev–Trinajstić information content (AvgIpc) is 2.66. The van der Waals surface area contributed by atoms with Gasteiger partial charge in [0.15, 0.2) is 0 Å². The van der Waals surface area contributed by atoms with Crippen LogP contribution in [0, 0.1) is 6.92 Å². The number of imidazole rings is 1. The summed E-state index contributed by atoms with van der Waals surface area (Å²) >= 11 is 0. The molecule has 0 saturated carbocycles. The predicted molar refractivity (Wildman–Crippen MR) is 58.0 cm³/mol. The van der Waals surface area contributed by atoms with Crippen molar-refractivity contribution in [1.29, 1.82) is 0 Å². The summed E-state index contributed by atoms with van der Waals surface area (Å²) in [6, 6.07) is 7.56. The number of aryl methyl sites for hydroxylation is 1. The van der Waals surface area contributed by atoms with Crippen molar-refractivity contribution >= 4 is 12.1 Å². The topological polar surface area (TPSA) is 46.9 Å². The van der Waals surface area contributed by atoms with E-state index in [9.17, 15) is 4.79 Å². The van der Waals surface area contributed by atoms with Gasteiger partial charge in [0, 0.05) is 23.3 Å². The minimum atomic E-state index is 0.664. The molecular formula is C11H11N3O. The summed E-state index contributed by atoms with van der Waals surface area (Å²) in [5.74, 6) is 0. The molecule has 0 radical (unpaired) electrons. The molecule has 0 aliphatic carbocycles. The minimum Gasteiger partial charge on any atom is -0.329 e. The Balaban J connectivity index is 2.31. The Kier molecular flexibility index (Phi) is 2.49. The molecule has 2 rings (SSSR count). The number of carbonyl (C=O) groups excluding carboxylic acids is 1. The van der Waals surface area contributed by atoms with E-state index in [2.05, 4.69) is 10.3 Å². The Hall–Kier alpha value is -2.10. The smallest absolute Gasteiger partial charge is 0.211 e. The maximum atomic E-state index is 10.2. The van der Waals surface area contributed by atoms with Gasteiger partial charge in [-0.25, -0.2) is 4.98 Å². The highest BCUT2D eigenvalue weighted by Crippen LogP contribution is 2.14. The fourth-order valence-corrected chi connectivity index (χ4v) is 1.42. The van der Waals surface area contributed by atoms with Crippen molar-refractivity contribution < 1.29 is 4.79 Å². The third-order valence-corrected chi connectivity index (χ3v) is 2.19. The molecule has 4 nitrogen and oxygen atoms in total. The van der Waals surface area contributed by atoms with E-state index < -0.39 is 0 Å². The van der Waals surface area contributed by atoms with Gasteiger partial charge in [-0.15, -0.1) is 0 Å². The lowest BCUT2D eigenvalue weighted by molar-refractivity contribution is -0.105. The SMILES string of the molecule is Cc1cncn1-c1ccc(NC=O)cc1. The van der Waals surface area contributed by atoms with Gasteiger partial charge >= 0.3 is 0 Å². The van der Waals surface area contributed by atoms with E-state index in [0.29, 0.717) is 6.41 Å². The lowest BCUT2D eigenvalue weighted by atomic mass is 10.2. The zero-order chi connectivity index (χ0) is 10.7. The van der Waals surface area contributed by atoms with Crippen LogP contribution in [0.3, 0.4) is 0 Å². The van der Waals surface area contributed by atoms with Crippen LogP contribution in [0.2, 0.25) is 0 Å². The largest absolute Gasteiger partial charge is 0.329 e. The Morgan fingerprint density at radius 2 is 2.07 bits per heavy atom. The van der Waals surface area contributed by atoms with Crippen molar-refractivity contribution in [1.82, 2.24) is 9.55 Å². The number of benzene rings is 1. The quantitative estimate of drug-likeness (QED) is 0.769. The first-order chi connectivity index (χ1) is 7.31. The van der Waals surface area contributed by atoms with Crippen molar-refractivity contribution in [3.05, 3.63) is 42.5 Å². The molecule has 0 unspecified atom stereocenters. The highest BCUT2D eigenvalue weighted by atomic mass is 16.1. The van der Waals surface area contributed by atoms with Gasteiger partial charge in [0.05, 0.1) is 6.33 Å². The highest BCUT2D eigenvalue weighted by Gasteiger charge is 1.99. The molecular weight excluding hydrogens is 190 g/mol. The third-order valence-electron chi connectivity index (χ3n) is 2.19. The summed E-state index contributed by atoms with van der Waals surface area (Å²) in [7, 11) is 0. The number of hydrogen-bond acceptors (Lipinski definition) is 2. The van der Waals surface area contributed by atoms with Gasteiger partial charge in [-0.05, 0) is 31.2 Å². The number of amides is 1. The van der Waals surface area contributed by atoms with Gasteiger partial charge in [0.1, 0.15) is 0 Å². The Bertz CT molecular complexity index is 459. The molecule has 15 heavy (non-hydrogen) atoms. The van der Waals surface area contributed by atoms with Gasteiger partial charge in [0.25, 0.3) is 0 Å². The summed E-state index contributed by atoms with van der Waals surface area (Å²) in [6.07, 6.45) is 4.23. The van der Waals surface area contributed by atoms with Crippen LogP contribution in [0.25, 0.3) is 5.69 Å². The molecule has 1 aromatic heterocycles. The van der Waals surface area contributed by atoms with Gasteiger partial charge in [0.2, 0.25) is 6.41 Å². The van der Waals surface area contributed by atoms with Crippen LogP contribution in [-0.4, -0.2) is 16.0 Å². The van der Waals surface area contributed by atoms with E-state index in [4.69, 9.17) is 0 Å². The fraction of sp³-hybridized carbons (Fsp3) is 0.0909. The van der Waals surface area contributed by atoms with E-state index in [0.717, 1.165) is 17.1 Å². The molecule has 76 valence electrons. The number of aromatic nitrogens is 2. The van der Waals surface area contributed by atoms with Crippen molar-refractivity contribution in [2.24, 2.45) is 0 Å². The lowest BCUT2D eigenvalue weighted by Gasteiger charge is -2.05. The van der Waals surface area contributed by atoms with E-state index in [1.807, 2.05) is 35.8 Å². The Morgan fingerprint density at radius 3 is 2.60 bits per heavy atom. The van der Waals surface area contributed by atoms with Crippen LogP contribution >= 0.6 is 0 Å². The number of nitrogens with zero attached hydrogens (tertiary/aromatic N) is 2. The van der Waals surface area contributed by atoms with Crippen molar-refractivity contribution in [2.45, 2.75) is 6.92 Å². The van der Waals surface area contributed by atoms with Crippen LogP contribution in [0.1, 0.15) is 5.69 Å². The van der Waals surface area contributed by atoms with Gasteiger partial charge < -0.3 is 9.88 Å². The Labute approximate surface area is 87.6 Å². The number of rotatable bonds is 3. The first kappa shape index (κ1) is 9.45. The summed E-state index contributed by atoms with van der Waals surface area (Å²) in [4.78, 5) is 14.3. The van der Waals surface area contributed by atoms with Crippen molar-refractivity contribution in [2.75, 3.05) is 5.32 Å².